The van der Waals surface area contributed by atoms with Crippen LogP contribution in [0.4, 0.5) is 17.6 Å². The number of nitrogens with two attached hydrogens (primary N) is 1. The molecule has 1 fully saturated rings. The highest BCUT2D eigenvalue weighted by Gasteiger charge is 2.37. The van der Waals surface area contributed by atoms with E-state index in [1.54, 1.807) is 0 Å². The van der Waals surface area contributed by atoms with Crippen molar-refractivity contribution in [3.05, 3.63) is 53.4 Å². The summed E-state index contributed by atoms with van der Waals surface area (Å²) in [5.41, 5.74) is 5.69. The summed E-state index contributed by atoms with van der Waals surface area (Å²) in [4.78, 5) is 16.1. The van der Waals surface area contributed by atoms with Gasteiger partial charge in [0.2, 0.25) is 5.92 Å². The van der Waals surface area contributed by atoms with Gasteiger partial charge >= 0.3 is 0 Å². The maximum atomic E-state index is 14.1. The number of benzene rings is 1. The molecule has 2 N–H and O–H groups in total. The van der Waals surface area contributed by atoms with Crippen molar-refractivity contribution in [1.82, 2.24) is 4.98 Å². The fourth-order valence-electron chi connectivity index (χ4n) is 3.29. The zero-order valence-electron chi connectivity index (χ0n) is 13.2. The molecule has 0 unspecified atom stereocenters. The molecule has 2 aromatic rings. The molecule has 3 rings (SSSR count). The first-order chi connectivity index (χ1) is 11.8. The second-order valence-corrected chi connectivity index (χ2v) is 6.24. The molecule has 0 saturated heterocycles. The smallest absolute Gasteiger partial charge is 0.251 e. The molecule has 1 aliphatic rings. The predicted octanol–water partition coefficient (Wildman–Crippen LogP) is 4.42. The van der Waals surface area contributed by atoms with Crippen LogP contribution in [-0.2, 0) is 0 Å². The molecule has 1 aromatic heterocycles. The van der Waals surface area contributed by atoms with E-state index in [4.69, 9.17) is 5.73 Å². The average molecular weight is 352 g/mol. The van der Waals surface area contributed by atoms with Gasteiger partial charge in [-0.05, 0) is 37.1 Å². The Bertz CT molecular complexity index is 813. The zero-order chi connectivity index (χ0) is 18.2. The summed E-state index contributed by atoms with van der Waals surface area (Å²) >= 11 is 0. The number of primary amides is 1. The van der Waals surface area contributed by atoms with Crippen molar-refractivity contribution < 1.29 is 22.4 Å². The van der Waals surface area contributed by atoms with Crippen LogP contribution in [0.3, 0.4) is 0 Å². The minimum absolute atomic E-state index is 0.0396. The van der Waals surface area contributed by atoms with Crippen molar-refractivity contribution in [2.45, 2.75) is 37.5 Å². The van der Waals surface area contributed by atoms with Gasteiger partial charge in [-0.1, -0.05) is 0 Å². The van der Waals surface area contributed by atoms with Gasteiger partial charge in [0.1, 0.15) is 11.6 Å². The number of hydrogen-bond acceptors (Lipinski definition) is 2. The number of rotatable bonds is 3. The SMILES string of the molecule is NC(=O)c1c(-c2cc(F)ccc2F)ccnc1C1CCC(F)(F)CC1. The topological polar surface area (TPSA) is 56.0 Å². The third kappa shape index (κ3) is 3.50. The normalized spacial score (nSPS) is 17.4. The van der Waals surface area contributed by atoms with E-state index in [-0.39, 0.29) is 54.0 Å². The van der Waals surface area contributed by atoms with Gasteiger partial charge in [0, 0.05) is 36.1 Å². The summed E-state index contributed by atoms with van der Waals surface area (Å²) in [5, 5.41) is 0. The van der Waals surface area contributed by atoms with Crippen molar-refractivity contribution in [3.63, 3.8) is 0 Å². The van der Waals surface area contributed by atoms with Gasteiger partial charge in [-0.2, -0.15) is 0 Å². The number of aromatic nitrogens is 1. The maximum absolute atomic E-state index is 14.1. The molecule has 1 aliphatic carbocycles. The van der Waals surface area contributed by atoms with Gasteiger partial charge in [0.05, 0.1) is 11.3 Å². The number of halogens is 4. The first kappa shape index (κ1) is 17.4. The third-order valence-electron chi connectivity index (χ3n) is 4.55. The monoisotopic (exact) mass is 352 g/mol. The Hall–Kier alpha value is -2.44. The van der Waals surface area contributed by atoms with E-state index >= 15 is 0 Å². The van der Waals surface area contributed by atoms with Crippen LogP contribution in [0.2, 0.25) is 0 Å². The Morgan fingerprint density at radius 1 is 1.12 bits per heavy atom. The Kier molecular flexibility index (Phi) is 4.49. The summed E-state index contributed by atoms with van der Waals surface area (Å²) in [6, 6.07) is 4.26. The van der Waals surface area contributed by atoms with E-state index in [0.717, 1.165) is 18.2 Å². The van der Waals surface area contributed by atoms with E-state index in [9.17, 15) is 22.4 Å². The van der Waals surface area contributed by atoms with Crippen molar-refractivity contribution in [1.29, 1.82) is 0 Å². The Morgan fingerprint density at radius 2 is 1.80 bits per heavy atom. The number of carbonyl (C=O) groups is 1. The Morgan fingerprint density at radius 3 is 2.44 bits per heavy atom. The molecular weight excluding hydrogens is 336 g/mol. The molecular formula is C18H16F4N2O. The highest BCUT2D eigenvalue weighted by atomic mass is 19.3. The van der Waals surface area contributed by atoms with E-state index in [0.29, 0.717) is 0 Å². The maximum Gasteiger partial charge on any atom is 0.251 e. The van der Waals surface area contributed by atoms with E-state index < -0.39 is 23.5 Å². The summed E-state index contributed by atoms with van der Waals surface area (Å²) in [6.07, 6.45) is 1.03. The highest BCUT2D eigenvalue weighted by molar-refractivity contribution is 6.01. The molecule has 1 aromatic carbocycles. The fraction of sp³-hybridized carbons (Fsp3) is 0.333. The van der Waals surface area contributed by atoms with Crippen LogP contribution in [0.25, 0.3) is 11.1 Å². The fourth-order valence-corrected chi connectivity index (χ4v) is 3.29. The van der Waals surface area contributed by atoms with Crippen LogP contribution >= 0.6 is 0 Å². The molecule has 132 valence electrons. The minimum Gasteiger partial charge on any atom is -0.366 e. The lowest BCUT2D eigenvalue weighted by atomic mass is 9.81. The first-order valence-electron chi connectivity index (χ1n) is 7.90. The number of amides is 1. The molecule has 1 heterocycles. The quantitative estimate of drug-likeness (QED) is 0.832. The summed E-state index contributed by atoms with van der Waals surface area (Å²) in [7, 11) is 0. The van der Waals surface area contributed by atoms with Crippen LogP contribution < -0.4 is 5.73 Å². The van der Waals surface area contributed by atoms with Gasteiger partial charge in [-0.3, -0.25) is 9.78 Å². The lowest BCUT2D eigenvalue weighted by molar-refractivity contribution is -0.0385. The minimum atomic E-state index is -2.73. The Balaban J connectivity index is 2.10. The van der Waals surface area contributed by atoms with Crippen LogP contribution in [0, 0.1) is 11.6 Å². The second kappa shape index (κ2) is 6.46. The van der Waals surface area contributed by atoms with Gasteiger partial charge in [-0.15, -0.1) is 0 Å². The van der Waals surface area contributed by atoms with Crippen molar-refractivity contribution in [2.75, 3.05) is 0 Å². The Labute approximate surface area is 141 Å². The second-order valence-electron chi connectivity index (χ2n) is 6.24. The highest BCUT2D eigenvalue weighted by Crippen LogP contribution is 2.42. The van der Waals surface area contributed by atoms with E-state index in [1.165, 1.54) is 12.3 Å². The molecule has 7 heteroatoms. The molecule has 0 spiro atoms. The predicted molar refractivity (Wildman–Crippen MR) is 84.3 cm³/mol. The molecule has 0 bridgehead atoms. The zero-order valence-corrected chi connectivity index (χ0v) is 13.2. The summed E-state index contributed by atoms with van der Waals surface area (Å²) in [5.74, 6) is -5.33. The van der Waals surface area contributed by atoms with E-state index in [2.05, 4.69) is 4.98 Å². The number of nitrogens with zero attached hydrogens (tertiary/aromatic N) is 1. The number of pyridine rings is 1. The lowest BCUT2D eigenvalue weighted by Crippen LogP contribution is -2.26. The van der Waals surface area contributed by atoms with Gasteiger partial charge in [0.15, 0.2) is 0 Å². The largest absolute Gasteiger partial charge is 0.366 e. The van der Waals surface area contributed by atoms with Crippen molar-refractivity contribution in [3.8, 4) is 11.1 Å². The van der Waals surface area contributed by atoms with Crippen molar-refractivity contribution >= 4 is 5.91 Å². The van der Waals surface area contributed by atoms with Crippen LogP contribution in [0.5, 0.6) is 0 Å². The third-order valence-corrected chi connectivity index (χ3v) is 4.55. The summed E-state index contributed by atoms with van der Waals surface area (Å²) < 4.78 is 54.4. The molecule has 0 radical (unpaired) electrons. The molecule has 25 heavy (non-hydrogen) atoms. The summed E-state index contributed by atoms with van der Waals surface area (Å²) in [6.45, 7) is 0. The molecule has 1 saturated carbocycles. The van der Waals surface area contributed by atoms with Crippen LogP contribution in [-0.4, -0.2) is 16.8 Å². The lowest BCUT2D eigenvalue weighted by Gasteiger charge is -2.29. The van der Waals surface area contributed by atoms with E-state index in [1.807, 2.05) is 0 Å². The van der Waals surface area contributed by atoms with Gasteiger partial charge in [-0.25, -0.2) is 17.6 Å². The molecule has 0 atom stereocenters. The number of hydrogen-bond donors (Lipinski definition) is 1. The first-order valence-corrected chi connectivity index (χ1v) is 7.90. The van der Waals surface area contributed by atoms with Crippen LogP contribution in [0.1, 0.15) is 47.7 Å². The van der Waals surface area contributed by atoms with Crippen molar-refractivity contribution in [2.24, 2.45) is 5.73 Å². The van der Waals surface area contributed by atoms with Crippen LogP contribution in [0.15, 0.2) is 30.5 Å². The number of alkyl halides is 2. The standard InChI is InChI=1S/C18H16F4N2O/c19-11-1-2-14(20)13(9-11)12-5-8-24-16(15(12)17(23)25)10-3-6-18(21,22)7-4-10/h1-2,5,8-10H,3-4,6-7H2,(H2,23,25). The molecule has 3 nitrogen and oxygen atoms in total. The van der Waals surface area contributed by atoms with Gasteiger partial charge in [0.25, 0.3) is 5.91 Å². The van der Waals surface area contributed by atoms with Gasteiger partial charge < -0.3 is 5.73 Å². The molecule has 1 amide bonds. The number of carbonyl (C=O) groups excluding carboxylic acids is 1. The average Bonchev–Trinajstić information content (AvgIpc) is 2.56. The molecule has 0 aliphatic heterocycles.